The van der Waals surface area contributed by atoms with Crippen molar-refractivity contribution >= 4 is 0 Å². The molecule has 0 heteroatoms. The lowest BCUT2D eigenvalue weighted by atomic mass is 9.58. The highest BCUT2D eigenvalue weighted by Gasteiger charge is 2.42. The molecule has 0 spiro atoms. The van der Waals surface area contributed by atoms with E-state index in [0.29, 0.717) is 0 Å². The van der Waals surface area contributed by atoms with Crippen LogP contribution in [0, 0.1) is 47.3 Å². The molecule has 0 bridgehead atoms. The third-order valence-electron chi connectivity index (χ3n) is 7.50. The summed E-state index contributed by atoms with van der Waals surface area (Å²) in [7, 11) is 0. The van der Waals surface area contributed by atoms with Crippen molar-refractivity contribution in [3.63, 3.8) is 0 Å². The molecule has 0 aromatic heterocycles. The zero-order valence-electron chi connectivity index (χ0n) is 13.6. The highest BCUT2D eigenvalue weighted by Crippen LogP contribution is 2.52. The summed E-state index contributed by atoms with van der Waals surface area (Å²) in [5.74, 6) is 8.29. The van der Waals surface area contributed by atoms with Crippen molar-refractivity contribution in [2.75, 3.05) is 0 Å². The molecular formula is C19H34. The van der Waals surface area contributed by atoms with Gasteiger partial charge in [-0.2, -0.15) is 0 Å². The molecule has 0 aromatic rings. The third kappa shape index (κ3) is 2.74. The Morgan fingerprint density at radius 1 is 0.421 bits per heavy atom. The Bertz CT molecular complexity index is 307. The van der Waals surface area contributed by atoms with Crippen LogP contribution in [0.15, 0.2) is 0 Å². The van der Waals surface area contributed by atoms with E-state index in [1.54, 1.807) is 38.5 Å². The quantitative estimate of drug-likeness (QED) is 0.520. The Kier molecular flexibility index (Phi) is 3.98. The number of hydrogen-bond acceptors (Lipinski definition) is 0. The van der Waals surface area contributed by atoms with Crippen molar-refractivity contribution in [1.29, 1.82) is 0 Å². The monoisotopic (exact) mass is 262 g/mol. The highest BCUT2D eigenvalue weighted by molar-refractivity contribution is 4.93. The summed E-state index contributed by atoms with van der Waals surface area (Å²) in [6.07, 6.45) is 10.8. The Balaban J connectivity index is 1.70. The normalized spacial score (nSPS) is 54.9. The molecule has 3 aliphatic rings. The molecule has 3 rings (SSSR count). The molecule has 3 fully saturated rings. The molecule has 3 saturated carbocycles. The Morgan fingerprint density at radius 3 is 1.42 bits per heavy atom. The Labute approximate surface area is 120 Å². The van der Waals surface area contributed by atoms with Crippen molar-refractivity contribution in [2.45, 2.75) is 72.6 Å². The summed E-state index contributed by atoms with van der Waals surface area (Å²) in [6.45, 7) is 10.0. The van der Waals surface area contributed by atoms with Crippen molar-refractivity contribution in [3.05, 3.63) is 0 Å². The topological polar surface area (TPSA) is 0 Å². The van der Waals surface area contributed by atoms with Crippen molar-refractivity contribution in [2.24, 2.45) is 47.3 Å². The van der Waals surface area contributed by atoms with Crippen molar-refractivity contribution < 1.29 is 0 Å². The van der Waals surface area contributed by atoms with Gasteiger partial charge in [-0.15, -0.1) is 0 Å². The van der Waals surface area contributed by atoms with Crippen LogP contribution in [-0.4, -0.2) is 0 Å². The van der Waals surface area contributed by atoms with E-state index in [9.17, 15) is 0 Å². The van der Waals surface area contributed by atoms with E-state index in [1.807, 2.05) is 0 Å². The van der Waals surface area contributed by atoms with Gasteiger partial charge in [-0.25, -0.2) is 0 Å². The standard InChI is InChI=1S/C19H34/c1-12-5-6-16-10-18-8-14(3)15(4)9-19(18)11-17(16)7-13(12)2/h12-19H,5-11H2,1-4H3. The fraction of sp³-hybridized carbons (Fsp3) is 1.00. The van der Waals surface area contributed by atoms with Gasteiger partial charge in [-0.3, -0.25) is 0 Å². The van der Waals surface area contributed by atoms with E-state index in [0.717, 1.165) is 47.3 Å². The van der Waals surface area contributed by atoms with Crippen LogP contribution >= 0.6 is 0 Å². The van der Waals surface area contributed by atoms with Crippen LogP contribution in [0.4, 0.5) is 0 Å². The second-order valence-electron chi connectivity index (χ2n) is 8.71. The van der Waals surface area contributed by atoms with Crippen LogP contribution in [0.1, 0.15) is 72.6 Å². The molecule has 110 valence electrons. The molecule has 0 N–H and O–H groups in total. The zero-order chi connectivity index (χ0) is 13.6. The molecular weight excluding hydrogens is 228 g/mol. The molecule has 3 aliphatic carbocycles. The van der Waals surface area contributed by atoms with Gasteiger partial charge in [-0.05, 0) is 85.9 Å². The average molecular weight is 262 g/mol. The molecule has 8 atom stereocenters. The lowest BCUT2D eigenvalue weighted by Gasteiger charge is -2.47. The first kappa shape index (κ1) is 14.0. The van der Waals surface area contributed by atoms with Crippen LogP contribution in [0.5, 0.6) is 0 Å². The maximum absolute atomic E-state index is 2.52. The number of rotatable bonds is 0. The average Bonchev–Trinajstić information content (AvgIpc) is 2.49. The highest BCUT2D eigenvalue weighted by atomic mass is 14.5. The molecule has 0 aromatic carbocycles. The van der Waals surface area contributed by atoms with Crippen LogP contribution in [0.3, 0.4) is 0 Å². The molecule has 0 aliphatic heterocycles. The Hall–Kier alpha value is 0. The molecule has 0 heterocycles. The first-order chi connectivity index (χ1) is 9.04. The van der Waals surface area contributed by atoms with Crippen LogP contribution in [0.2, 0.25) is 0 Å². The smallest absolute Gasteiger partial charge is 0.0380 e. The lowest BCUT2D eigenvalue weighted by Crippen LogP contribution is -2.38. The minimum atomic E-state index is 0.977. The van der Waals surface area contributed by atoms with Gasteiger partial charge >= 0.3 is 0 Å². The SMILES string of the molecule is CC1CCC2CC3CC(C)C(C)CC3CC2CC1C. The van der Waals surface area contributed by atoms with E-state index >= 15 is 0 Å². The summed E-state index contributed by atoms with van der Waals surface area (Å²) in [6, 6.07) is 0. The van der Waals surface area contributed by atoms with Gasteiger partial charge in [0.1, 0.15) is 0 Å². The van der Waals surface area contributed by atoms with Crippen molar-refractivity contribution in [3.8, 4) is 0 Å². The summed E-state index contributed by atoms with van der Waals surface area (Å²) in [5, 5.41) is 0. The van der Waals surface area contributed by atoms with Gasteiger partial charge in [0.25, 0.3) is 0 Å². The third-order valence-corrected chi connectivity index (χ3v) is 7.50. The maximum Gasteiger partial charge on any atom is -0.0380 e. The maximum atomic E-state index is 2.52. The van der Waals surface area contributed by atoms with E-state index in [2.05, 4.69) is 27.7 Å². The lowest BCUT2D eigenvalue weighted by molar-refractivity contribution is 0.0293. The molecule has 0 radical (unpaired) electrons. The summed E-state index contributed by atoms with van der Waals surface area (Å²) >= 11 is 0. The minimum Gasteiger partial charge on any atom is -0.0623 e. The van der Waals surface area contributed by atoms with Gasteiger partial charge in [0.05, 0.1) is 0 Å². The van der Waals surface area contributed by atoms with Gasteiger partial charge in [0.2, 0.25) is 0 Å². The van der Waals surface area contributed by atoms with Gasteiger partial charge in [0.15, 0.2) is 0 Å². The summed E-state index contributed by atoms with van der Waals surface area (Å²) in [5.41, 5.74) is 0. The fourth-order valence-corrected chi connectivity index (χ4v) is 5.66. The second kappa shape index (κ2) is 5.41. The first-order valence-corrected chi connectivity index (χ1v) is 9.04. The second-order valence-corrected chi connectivity index (χ2v) is 8.71. The molecule has 8 unspecified atom stereocenters. The summed E-state index contributed by atoms with van der Waals surface area (Å²) < 4.78 is 0. The molecule has 0 nitrogen and oxygen atoms in total. The van der Waals surface area contributed by atoms with Gasteiger partial charge in [0, 0.05) is 0 Å². The predicted molar refractivity (Wildman–Crippen MR) is 82.9 cm³/mol. The van der Waals surface area contributed by atoms with E-state index in [4.69, 9.17) is 0 Å². The largest absolute Gasteiger partial charge is 0.0623 e. The van der Waals surface area contributed by atoms with Crippen LogP contribution in [-0.2, 0) is 0 Å². The zero-order valence-corrected chi connectivity index (χ0v) is 13.6. The first-order valence-electron chi connectivity index (χ1n) is 9.04. The molecule has 0 saturated heterocycles. The van der Waals surface area contributed by atoms with Crippen LogP contribution < -0.4 is 0 Å². The van der Waals surface area contributed by atoms with E-state index < -0.39 is 0 Å². The minimum absolute atomic E-state index is 0.977. The van der Waals surface area contributed by atoms with E-state index in [-0.39, 0.29) is 0 Å². The van der Waals surface area contributed by atoms with E-state index in [1.165, 1.54) is 6.42 Å². The number of fused-ring (bicyclic) bond motifs is 2. The van der Waals surface area contributed by atoms with Gasteiger partial charge in [-0.1, -0.05) is 34.1 Å². The summed E-state index contributed by atoms with van der Waals surface area (Å²) in [4.78, 5) is 0. The molecule has 0 amide bonds. The van der Waals surface area contributed by atoms with Crippen molar-refractivity contribution in [1.82, 2.24) is 0 Å². The number of hydrogen-bond donors (Lipinski definition) is 0. The van der Waals surface area contributed by atoms with Crippen LogP contribution in [0.25, 0.3) is 0 Å². The Morgan fingerprint density at radius 2 is 0.842 bits per heavy atom. The fourth-order valence-electron chi connectivity index (χ4n) is 5.66. The van der Waals surface area contributed by atoms with Gasteiger partial charge < -0.3 is 0 Å². The molecule has 19 heavy (non-hydrogen) atoms. The predicted octanol–water partition coefficient (Wildman–Crippen LogP) is 5.77.